The van der Waals surface area contributed by atoms with Gasteiger partial charge in [0.25, 0.3) is 0 Å². The summed E-state index contributed by atoms with van der Waals surface area (Å²) in [5, 5.41) is 10.9. The van der Waals surface area contributed by atoms with Gasteiger partial charge in [0, 0.05) is 25.0 Å². The van der Waals surface area contributed by atoms with Crippen molar-refractivity contribution in [3.05, 3.63) is 39.9 Å². The van der Waals surface area contributed by atoms with Gasteiger partial charge >= 0.3 is 6.18 Å². The van der Waals surface area contributed by atoms with E-state index < -0.39 is 11.7 Å². The van der Waals surface area contributed by atoms with Crippen LogP contribution in [-0.4, -0.2) is 37.0 Å². The number of nitrogens with one attached hydrogen (secondary N) is 1. The van der Waals surface area contributed by atoms with Gasteiger partial charge in [0.15, 0.2) is 5.65 Å². The highest BCUT2D eigenvalue weighted by Gasteiger charge is 2.35. The summed E-state index contributed by atoms with van der Waals surface area (Å²) in [5.74, 6) is -0.345. The van der Waals surface area contributed by atoms with E-state index in [1.54, 1.807) is 10.9 Å². The summed E-state index contributed by atoms with van der Waals surface area (Å²) in [7, 11) is 0. The summed E-state index contributed by atoms with van der Waals surface area (Å²) < 4.78 is 43.9. The average molecular weight is 459 g/mol. The molecule has 3 rings (SSSR count). The lowest BCUT2D eigenvalue weighted by molar-refractivity contribution is -0.136. The third-order valence-corrected chi connectivity index (χ3v) is 4.50. The van der Waals surface area contributed by atoms with Gasteiger partial charge in [-0.1, -0.05) is 0 Å². The maximum atomic E-state index is 13.3. The normalized spacial score (nSPS) is 11.9. The summed E-state index contributed by atoms with van der Waals surface area (Å²) in [6.45, 7) is 3.80. The molecule has 0 saturated heterocycles. The van der Waals surface area contributed by atoms with Gasteiger partial charge in [-0.05, 0) is 42.3 Å². The van der Waals surface area contributed by atoms with Crippen molar-refractivity contribution in [1.29, 1.82) is 0 Å². The average Bonchev–Trinajstić information content (AvgIpc) is 3.14. The second-order valence-corrected chi connectivity index (χ2v) is 7.29. The number of halogens is 4. The fraction of sp³-hybridized carbons (Fsp3) is 0.412. The fourth-order valence-electron chi connectivity index (χ4n) is 2.93. The number of aromatic nitrogens is 5. The van der Waals surface area contributed by atoms with Crippen molar-refractivity contribution in [3.63, 3.8) is 0 Å². The van der Waals surface area contributed by atoms with Crippen LogP contribution >= 0.6 is 15.9 Å². The minimum absolute atomic E-state index is 0.0568. The van der Waals surface area contributed by atoms with Crippen LogP contribution in [0, 0.1) is 13.8 Å². The van der Waals surface area contributed by atoms with Gasteiger partial charge in [0.2, 0.25) is 5.91 Å². The van der Waals surface area contributed by atoms with Gasteiger partial charge in [-0.3, -0.25) is 9.48 Å². The molecule has 0 fully saturated rings. The molecule has 3 heterocycles. The maximum absolute atomic E-state index is 13.3. The Kier molecular flexibility index (Phi) is 5.73. The zero-order chi connectivity index (χ0) is 20.5. The molecule has 0 aliphatic rings. The molecule has 11 heteroatoms. The van der Waals surface area contributed by atoms with Crippen LogP contribution < -0.4 is 5.32 Å². The number of nitrogens with zero attached hydrogens (tertiary/aromatic N) is 5. The molecule has 0 unspecified atom stereocenters. The zero-order valence-corrected chi connectivity index (χ0v) is 16.8. The van der Waals surface area contributed by atoms with Crippen LogP contribution in [0.4, 0.5) is 13.2 Å². The van der Waals surface area contributed by atoms with Crippen molar-refractivity contribution in [2.75, 3.05) is 6.54 Å². The molecule has 3 aromatic rings. The van der Waals surface area contributed by atoms with Crippen LogP contribution in [0.25, 0.3) is 11.0 Å². The van der Waals surface area contributed by atoms with E-state index in [-0.39, 0.29) is 34.9 Å². The van der Waals surface area contributed by atoms with Crippen molar-refractivity contribution in [1.82, 2.24) is 29.9 Å². The van der Waals surface area contributed by atoms with E-state index in [9.17, 15) is 18.0 Å². The maximum Gasteiger partial charge on any atom is 0.417 e. The summed E-state index contributed by atoms with van der Waals surface area (Å²) in [6, 6.07) is 0.995. The number of rotatable bonds is 6. The van der Waals surface area contributed by atoms with Gasteiger partial charge in [-0.15, -0.1) is 0 Å². The van der Waals surface area contributed by atoms with Crippen LogP contribution in [-0.2, 0) is 24.1 Å². The topological polar surface area (TPSA) is 77.6 Å². The van der Waals surface area contributed by atoms with Gasteiger partial charge in [0.1, 0.15) is 6.54 Å². The number of carbonyl (C=O) groups is 1. The first-order valence-corrected chi connectivity index (χ1v) is 9.31. The predicted molar refractivity (Wildman–Crippen MR) is 99.6 cm³/mol. The Balaban J connectivity index is 1.68. The second-order valence-electron chi connectivity index (χ2n) is 6.38. The Morgan fingerprint density at radius 1 is 1.32 bits per heavy atom. The van der Waals surface area contributed by atoms with Crippen molar-refractivity contribution in [3.8, 4) is 0 Å². The fourth-order valence-corrected chi connectivity index (χ4v) is 3.26. The van der Waals surface area contributed by atoms with E-state index in [0.717, 1.165) is 10.5 Å². The highest BCUT2D eigenvalue weighted by Crippen LogP contribution is 2.36. The summed E-state index contributed by atoms with van der Waals surface area (Å²) in [6.07, 6.45) is -0.358. The standard InChI is InChI=1S/C17H18BrF3N6O/c1-10-6-13(17(19,20)21)15-11(2)25-27(16(15)24-10)9-14(28)22-4-3-5-26-8-12(18)7-23-26/h6-8H,3-5,9H2,1-2H3,(H,22,28). The lowest BCUT2D eigenvalue weighted by atomic mass is 10.1. The molecule has 0 aliphatic heterocycles. The van der Waals surface area contributed by atoms with Crippen LogP contribution in [0.5, 0.6) is 0 Å². The smallest absolute Gasteiger partial charge is 0.354 e. The quantitative estimate of drug-likeness (QED) is 0.575. The van der Waals surface area contributed by atoms with Crippen LogP contribution in [0.15, 0.2) is 22.9 Å². The molecule has 0 aromatic carbocycles. The van der Waals surface area contributed by atoms with Crippen molar-refractivity contribution >= 4 is 32.9 Å². The Morgan fingerprint density at radius 3 is 2.71 bits per heavy atom. The van der Waals surface area contributed by atoms with Crippen LogP contribution in [0.3, 0.4) is 0 Å². The Bertz CT molecular complexity index is 1010. The van der Waals surface area contributed by atoms with E-state index in [1.165, 1.54) is 18.5 Å². The number of hydrogen-bond acceptors (Lipinski definition) is 4. The molecule has 0 aliphatic carbocycles. The van der Waals surface area contributed by atoms with E-state index >= 15 is 0 Å². The second kappa shape index (κ2) is 7.90. The molecule has 3 aromatic heterocycles. The molecule has 1 N–H and O–H groups in total. The van der Waals surface area contributed by atoms with Crippen molar-refractivity contribution in [2.45, 2.75) is 39.5 Å². The highest BCUT2D eigenvalue weighted by atomic mass is 79.9. The first-order valence-electron chi connectivity index (χ1n) is 8.52. The lowest BCUT2D eigenvalue weighted by Gasteiger charge is -2.10. The highest BCUT2D eigenvalue weighted by molar-refractivity contribution is 9.10. The Labute approximate surface area is 167 Å². The van der Waals surface area contributed by atoms with Gasteiger partial charge in [0.05, 0.1) is 27.3 Å². The summed E-state index contributed by atoms with van der Waals surface area (Å²) >= 11 is 3.31. The van der Waals surface area contributed by atoms with Crippen LogP contribution in [0.1, 0.15) is 23.4 Å². The molecule has 1 amide bonds. The summed E-state index contributed by atoms with van der Waals surface area (Å²) in [4.78, 5) is 16.4. The Morgan fingerprint density at radius 2 is 2.07 bits per heavy atom. The molecule has 28 heavy (non-hydrogen) atoms. The van der Waals surface area contributed by atoms with E-state index in [0.29, 0.717) is 19.5 Å². The third kappa shape index (κ3) is 4.51. The molecule has 0 radical (unpaired) electrons. The first-order chi connectivity index (χ1) is 13.1. The van der Waals surface area contributed by atoms with Gasteiger partial charge in [-0.25, -0.2) is 9.67 Å². The molecular weight excluding hydrogens is 441 g/mol. The molecule has 150 valence electrons. The monoisotopic (exact) mass is 458 g/mol. The summed E-state index contributed by atoms with van der Waals surface area (Å²) in [5.41, 5.74) is -0.329. The van der Waals surface area contributed by atoms with Gasteiger partial charge in [-0.2, -0.15) is 23.4 Å². The largest absolute Gasteiger partial charge is 0.417 e. The number of amides is 1. The van der Waals surface area contributed by atoms with E-state index in [1.807, 2.05) is 6.20 Å². The van der Waals surface area contributed by atoms with Crippen LogP contribution in [0.2, 0.25) is 0 Å². The first kappa shape index (κ1) is 20.3. The number of carbonyl (C=O) groups excluding carboxylic acids is 1. The van der Waals surface area contributed by atoms with Crippen molar-refractivity contribution in [2.24, 2.45) is 0 Å². The van der Waals surface area contributed by atoms with Gasteiger partial charge < -0.3 is 5.32 Å². The molecule has 7 nitrogen and oxygen atoms in total. The number of hydrogen-bond donors (Lipinski definition) is 1. The lowest BCUT2D eigenvalue weighted by Crippen LogP contribution is -2.29. The zero-order valence-electron chi connectivity index (χ0n) is 15.2. The molecule has 0 spiro atoms. The van der Waals surface area contributed by atoms with E-state index in [4.69, 9.17) is 0 Å². The minimum atomic E-state index is -4.52. The SMILES string of the molecule is Cc1cc(C(F)(F)F)c2c(C)nn(CC(=O)NCCCn3cc(Br)cn3)c2n1. The number of fused-ring (bicyclic) bond motifs is 1. The molecule has 0 atom stereocenters. The molecule has 0 saturated carbocycles. The van der Waals surface area contributed by atoms with Crippen molar-refractivity contribution < 1.29 is 18.0 Å². The van der Waals surface area contributed by atoms with E-state index in [2.05, 4.69) is 36.4 Å². The number of pyridine rings is 1. The molecule has 0 bridgehead atoms. The Hall–Kier alpha value is -2.43. The molecular formula is C17H18BrF3N6O. The third-order valence-electron chi connectivity index (χ3n) is 4.09. The number of aryl methyl sites for hydroxylation is 3. The predicted octanol–water partition coefficient (Wildman–Crippen LogP) is 3.23. The number of alkyl halides is 3. The minimum Gasteiger partial charge on any atom is -0.354 e.